The molecule has 0 saturated carbocycles. The molecule has 0 aliphatic heterocycles. The van der Waals surface area contributed by atoms with E-state index in [-0.39, 0.29) is 34.5 Å². The topological polar surface area (TPSA) is 165 Å². The van der Waals surface area contributed by atoms with Crippen LogP contribution in [-0.4, -0.2) is 24.7 Å². The quantitative estimate of drug-likeness (QED) is 0.486. The molecule has 0 radical (unpaired) electrons. The van der Waals surface area contributed by atoms with E-state index in [1.165, 1.54) is 24.3 Å². The number of hydrogen-bond acceptors (Lipinski definition) is 8. The Kier molecular flexibility index (Phi) is 4.96. The number of allylic oxidation sites excluding steroid dienone is 1. The van der Waals surface area contributed by atoms with E-state index in [0.717, 1.165) is 4.68 Å². The second kappa shape index (κ2) is 7.77. The standard InChI is InChI=1S/C21H13N5O6/c22-11-16-14-10-15(13-8-4-5-9-17(13)25(29)30)19(26(31)32)20(27)18(14)23-24(21(16)28)12-6-2-1-3-7-12/h1-9,15,27H,10H2. The van der Waals surface area contributed by atoms with Gasteiger partial charge >= 0.3 is 0 Å². The molecule has 11 heteroatoms. The van der Waals surface area contributed by atoms with Crippen LogP contribution in [0.15, 0.2) is 65.1 Å². The average molecular weight is 431 g/mol. The number of nitro benzene ring substituents is 1. The lowest BCUT2D eigenvalue weighted by Crippen LogP contribution is -2.31. The van der Waals surface area contributed by atoms with Gasteiger partial charge in [0.1, 0.15) is 17.3 Å². The molecule has 32 heavy (non-hydrogen) atoms. The van der Waals surface area contributed by atoms with Gasteiger partial charge in [-0.3, -0.25) is 25.0 Å². The van der Waals surface area contributed by atoms with Gasteiger partial charge in [-0.2, -0.15) is 15.0 Å². The number of aromatic nitrogens is 2. The Hall–Kier alpha value is -4.85. The Labute approximate surface area is 179 Å². The summed E-state index contributed by atoms with van der Waals surface area (Å²) in [4.78, 5) is 34.8. The first-order chi connectivity index (χ1) is 15.3. The zero-order valence-electron chi connectivity index (χ0n) is 16.2. The minimum absolute atomic E-state index is 0.00377. The molecule has 1 aliphatic carbocycles. The SMILES string of the molecule is N#Cc1c2c(nn(-c3ccccc3)c1=O)C(O)=C([N+](=O)[O-])C(c1ccccc1[N+](=O)[O-])C2. The maximum absolute atomic E-state index is 13.0. The number of aliphatic hydroxyl groups is 1. The predicted octanol–water partition coefficient (Wildman–Crippen LogP) is 2.86. The summed E-state index contributed by atoms with van der Waals surface area (Å²) in [7, 11) is 0. The van der Waals surface area contributed by atoms with Crippen molar-refractivity contribution in [2.24, 2.45) is 0 Å². The van der Waals surface area contributed by atoms with Gasteiger partial charge in [-0.25, -0.2) is 0 Å². The maximum Gasteiger partial charge on any atom is 0.297 e. The summed E-state index contributed by atoms with van der Waals surface area (Å²) < 4.78 is 0.885. The fourth-order valence-electron chi connectivity index (χ4n) is 3.81. The monoisotopic (exact) mass is 431 g/mol. The highest BCUT2D eigenvalue weighted by molar-refractivity contribution is 5.68. The van der Waals surface area contributed by atoms with Gasteiger partial charge in [0.15, 0.2) is 0 Å². The third-order valence-corrected chi connectivity index (χ3v) is 5.22. The van der Waals surface area contributed by atoms with Gasteiger partial charge < -0.3 is 5.11 Å². The minimum atomic E-state index is -1.26. The van der Waals surface area contributed by atoms with Gasteiger partial charge in [0, 0.05) is 17.2 Å². The molecule has 1 aromatic heterocycles. The Morgan fingerprint density at radius 1 is 1.06 bits per heavy atom. The molecule has 2 aromatic carbocycles. The van der Waals surface area contributed by atoms with E-state index in [0.29, 0.717) is 5.69 Å². The van der Waals surface area contributed by atoms with Crippen molar-refractivity contribution in [1.29, 1.82) is 5.26 Å². The Balaban J connectivity index is 2.03. The van der Waals surface area contributed by atoms with Crippen LogP contribution in [0.4, 0.5) is 5.69 Å². The summed E-state index contributed by atoms with van der Waals surface area (Å²) in [6.45, 7) is 0. The molecule has 1 atom stereocenters. The molecule has 3 aromatic rings. The molecule has 0 amide bonds. The number of nitrogens with zero attached hydrogens (tertiary/aromatic N) is 5. The molecule has 4 rings (SSSR count). The van der Waals surface area contributed by atoms with Crippen LogP contribution in [0.3, 0.4) is 0 Å². The molecular weight excluding hydrogens is 418 g/mol. The number of rotatable bonds is 4. The van der Waals surface area contributed by atoms with E-state index in [9.17, 15) is 35.4 Å². The van der Waals surface area contributed by atoms with Gasteiger partial charge in [0.05, 0.1) is 21.5 Å². The Morgan fingerprint density at radius 3 is 2.34 bits per heavy atom. The maximum atomic E-state index is 13.0. The van der Waals surface area contributed by atoms with Gasteiger partial charge in [-0.1, -0.05) is 36.4 Å². The molecule has 1 unspecified atom stereocenters. The third kappa shape index (κ3) is 3.16. The fraction of sp³-hybridized carbons (Fsp3) is 0.0952. The summed E-state index contributed by atoms with van der Waals surface area (Å²) in [5.74, 6) is -2.11. The van der Waals surface area contributed by atoms with E-state index in [1.54, 1.807) is 36.4 Å². The molecule has 158 valence electrons. The zero-order chi connectivity index (χ0) is 23.0. The first kappa shape index (κ1) is 20.4. The molecule has 0 fully saturated rings. The molecule has 1 aliphatic rings. The second-order valence-electron chi connectivity index (χ2n) is 6.93. The first-order valence-corrected chi connectivity index (χ1v) is 9.28. The van der Waals surface area contributed by atoms with Gasteiger partial charge in [0.25, 0.3) is 16.9 Å². The lowest BCUT2D eigenvalue weighted by atomic mass is 9.81. The highest BCUT2D eigenvalue weighted by atomic mass is 16.6. The van der Waals surface area contributed by atoms with E-state index in [4.69, 9.17) is 0 Å². The summed E-state index contributed by atoms with van der Waals surface area (Å²) in [6, 6.07) is 15.3. The van der Waals surface area contributed by atoms with E-state index in [2.05, 4.69) is 5.10 Å². The van der Waals surface area contributed by atoms with E-state index < -0.39 is 32.8 Å². The molecule has 1 heterocycles. The molecule has 0 bridgehead atoms. The highest BCUT2D eigenvalue weighted by Gasteiger charge is 2.42. The van der Waals surface area contributed by atoms with Gasteiger partial charge in [0.2, 0.25) is 5.76 Å². The first-order valence-electron chi connectivity index (χ1n) is 9.28. The summed E-state index contributed by atoms with van der Waals surface area (Å²) in [6.07, 6.45) is -0.290. The number of nitriles is 1. The lowest BCUT2D eigenvalue weighted by Gasteiger charge is -2.23. The van der Waals surface area contributed by atoms with Crippen molar-refractivity contribution < 1.29 is 15.0 Å². The lowest BCUT2D eigenvalue weighted by molar-refractivity contribution is -0.431. The van der Waals surface area contributed by atoms with Crippen molar-refractivity contribution in [2.45, 2.75) is 12.3 Å². The summed E-state index contributed by atoms with van der Waals surface area (Å²) >= 11 is 0. The van der Waals surface area contributed by atoms with Crippen LogP contribution in [0.1, 0.15) is 28.3 Å². The van der Waals surface area contributed by atoms with Gasteiger partial charge in [-0.05, 0) is 18.6 Å². The van der Waals surface area contributed by atoms with Crippen LogP contribution in [0, 0.1) is 31.6 Å². The highest BCUT2D eigenvalue weighted by Crippen LogP contribution is 2.42. The number of fused-ring (bicyclic) bond motifs is 1. The van der Waals surface area contributed by atoms with Crippen molar-refractivity contribution in [1.82, 2.24) is 9.78 Å². The van der Waals surface area contributed by atoms with Crippen molar-refractivity contribution in [3.8, 4) is 11.8 Å². The third-order valence-electron chi connectivity index (χ3n) is 5.22. The zero-order valence-corrected chi connectivity index (χ0v) is 16.2. The number of nitro groups is 2. The average Bonchev–Trinajstić information content (AvgIpc) is 2.79. The second-order valence-corrected chi connectivity index (χ2v) is 6.93. The summed E-state index contributed by atoms with van der Waals surface area (Å²) in [5, 5.41) is 47.9. The molecule has 0 spiro atoms. The molecular formula is C21H13N5O6. The molecule has 1 N–H and O–H groups in total. The van der Waals surface area contributed by atoms with Crippen molar-refractivity contribution in [2.75, 3.05) is 0 Å². The van der Waals surface area contributed by atoms with Crippen LogP contribution < -0.4 is 5.56 Å². The van der Waals surface area contributed by atoms with Crippen LogP contribution >= 0.6 is 0 Å². The Morgan fingerprint density at radius 2 is 1.72 bits per heavy atom. The summed E-state index contributed by atoms with van der Waals surface area (Å²) in [5.41, 5.74) is -2.20. The van der Waals surface area contributed by atoms with Crippen LogP contribution in [0.5, 0.6) is 0 Å². The van der Waals surface area contributed by atoms with E-state index >= 15 is 0 Å². The van der Waals surface area contributed by atoms with Crippen LogP contribution in [0.25, 0.3) is 11.4 Å². The fourth-order valence-corrected chi connectivity index (χ4v) is 3.81. The van der Waals surface area contributed by atoms with Crippen molar-refractivity contribution in [3.05, 3.63) is 113 Å². The van der Waals surface area contributed by atoms with Crippen LogP contribution in [-0.2, 0) is 6.42 Å². The number of benzene rings is 2. The minimum Gasteiger partial charge on any atom is -0.501 e. The smallest absolute Gasteiger partial charge is 0.297 e. The van der Waals surface area contributed by atoms with Crippen LogP contribution in [0.2, 0.25) is 0 Å². The van der Waals surface area contributed by atoms with Gasteiger partial charge in [-0.15, -0.1) is 0 Å². The largest absolute Gasteiger partial charge is 0.501 e. The molecule has 11 nitrogen and oxygen atoms in total. The van der Waals surface area contributed by atoms with Crippen molar-refractivity contribution in [3.63, 3.8) is 0 Å². The Bertz CT molecular complexity index is 1400. The normalized spacial score (nSPS) is 15.0. The van der Waals surface area contributed by atoms with Crippen molar-refractivity contribution >= 4 is 11.4 Å². The number of para-hydroxylation sites is 2. The molecule has 0 saturated heterocycles. The predicted molar refractivity (Wildman–Crippen MR) is 111 cm³/mol. The van der Waals surface area contributed by atoms with E-state index in [1.807, 2.05) is 0 Å². The number of hydrogen-bond donors (Lipinski definition) is 1. The number of aliphatic hydroxyl groups excluding tert-OH is 1.